The molecule has 13 nitrogen and oxygen atoms in total. The summed E-state index contributed by atoms with van der Waals surface area (Å²) in [4.78, 5) is 65.1. The lowest BCUT2D eigenvalue weighted by atomic mass is 9.76. The molecule has 0 bridgehead atoms. The first-order chi connectivity index (χ1) is 26.7. The zero-order valence-electron chi connectivity index (χ0n) is 32.3. The Balaban J connectivity index is 1.10. The van der Waals surface area contributed by atoms with Crippen LogP contribution in [0.15, 0.2) is 36.4 Å². The van der Waals surface area contributed by atoms with Crippen LogP contribution < -0.4 is 14.8 Å². The van der Waals surface area contributed by atoms with Crippen molar-refractivity contribution in [2.45, 2.75) is 156 Å². The number of ether oxygens (including phenoxy) is 1. The summed E-state index contributed by atoms with van der Waals surface area (Å²) in [6, 6.07) is 5.93. The monoisotopic (exact) mass is 787 g/mol. The van der Waals surface area contributed by atoms with Crippen molar-refractivity contribution in [3.8, 4) is 5.75 Å². The Labute approximate surface area is 328 Å². The fourth-order valence-corrected chi connectivity index (χ4v) is 11.2. The zero-order chi connectivity index (χ0) is 39.3. The maximum Gasteiger partial charge on any atom is 0.408 e. The summed E-state index contributed by atoms with van der Waals surface area (Å²) in [6.07, 6.45) is 12.5. The van der Waals surface area contributed by atoms with Crippen molar-refractivity contribution in [1.82, 2.24) is 24.8 Å². The van der Waals surface area contributed by atoms with Crippen molar-refractivity contribution in [3.63, 3.8) is 0 Å². The van der Waals surface area contributed by atoms with Crippen LogP contribution in [0.25, 0.3) is 10.9 Å². The number of sulfonamides is 1. The van der Waals surface area contributed by atoms with Gasteiger partial charge in [-0.1, -0.05) is 43.2 Å². The van der Waals surface area contributed by atoms with Gasteiger partial charge in [0.15, 0.2) is 0 Å². The lowest BCUT2D eigenvalue weighted by Gasteiger charge is -2.50. The number of aromatic nitrogens is 1. The Morgan fingerprint density at radius 1 is 1.00 bits per heavy atom. The molecule has 0 unspecified atom stereocenters. The molecule has 4 amide bonds. The minimum atomic E-state index is -3.99. The number of benzene rings is 1. The van der Waals surface area contributed by atoms with Crippen molar-refractivity contribution >= 4 is 44.7 Å². The standard InChI is InChI=1S/C42H53N5O8S/c1-39(18-10-19-39)47(38(51)52)31-14-7-5-3-4-6-11-27-23-42(27,37(50)45-56(53,54)40(2)21-22-40)44-35(48)32-24-41(25-46(32)36(31)49)20-17-29-28-12-8-9-13-30(28)43-33(26-15-16-26)34(29)55-41/h6,8-9,11-13,26-27,31-32H,3-5,7,10,14-25H2,1-2H3,(H,44,48)(H,45,50)(H,51,52)/b11-6-/t27-,31+,32+,41-,42-/m1/s1. The Morgan fingerprint density at radius 3 is 2.46 bits per heavy atom. The molecule has 4 saturated carbocycles. The van der Waals surface area contributed by atoms with E-state index in [1.807, 2.05) is 37.3 Å². The molecule has 5 atom stereocenters. The van der Waals surface area contributed by atoms with Gasteiger partial charge in [-0.25, -0.2) is 18.2 Å². The number of amides is 4. The van der Waals surface area contributed by atoms with E-state index in [1.54, 1.807) is 6.92 Å². The molecule has 0 radical (unpaired) electrons. The van der Waals surface area contributed by atoms with Crippen LogP contribution in [0.1, 0.15) is 127 Å². The SMILES string of the molecule is CC1(N(C(=O)O)[C@H]2CCCCC/C=C\[C@@H]3C[C@@]3(C(=O)NS(=O)(=O)C3(C)CC3)NC(=O)[C@@H]3C[C@]4(CCc5c(c(C6CC6)nc6ccccc56)O4)CN3C2=O)CCC1. The number of pyridine rings is 1. The molecule has 7 aliphatic rings. The summed E-state index contributed by atoms with van der Waals surface area (Å²) in [6.45, 7) is 3.57. The average Bonchev–Trinajstić information content (AvgIpc) is 4.08. The topological polar surface area (TPSA) is 175 Å². The molecule has 4 aliphatic carbocycles. The Bertz CT molecular complexity index is 2140. The van der Waals surface area contributed by atoms with Gasteiger partial charge in [-0.2, -0.15) is 0 Å². The number of hydrogen-bond acceptors (Lipinski definition) is 8. The average molecular weight is 788 g/mol. The quantitative estimate of drug-likeness (QED) is 0.321. The molecule has 300 valence electrons. The second-order valence-electron chi connectivity index (χ2n) is 18.3. The summed E-state index contributed by atoms with van der Waals surface area (Å²) in [7, 11) is -3.99. The zero-order valence-corrected chi connectivity index (χ0v) is 33.2. The van der Waals surface area contributed by atoms with Crippen LogP contribution in [0, 0.1) is 5.92 Å². The minimum Gasteiger partial charge on any atom is -0.483 e. The van der Waals surface area contributed by atoms with Crippen molar-refractivity contribution < 1.29 is 37.4 Å². The number of fused-ring (bicyclic) bond motifs is 5. The highest BCUT2D eigenvalue weighted by molar-refractivity contribution is 7.91. The number of carbonyl (C=O) groups excluding carboxylic acids is 3. The maximum absolute atomic E-state index is 15.2. The predicted molar refractivity (Wildman–Crippen MR) is 207 cm³/mol. The molecule has 3 aliphatic heterocycles. The van der Waals surface area contributed by atoms with E-state index < -0.39 is 73.3 Å². The van der Waals surface area contributed by atoms with Gasteiger partial charge in [0, 0.05) is 34.7 Å². The van der Waals surface area contributed by atoms with Crippen molar-refractivity contribution in [3.05, 3.63) is 47.7 Å². The molecule has 3 N–H and O–H groups in total. The summed E-state index contributed by atoms with van der Waals surface area (Å²) >= 11 is 0. The minimum absolute atomic E-state index is 0.0657. The van der Waals surface area contributed by atoms with Crippen molar-refractivity contribution in [2.75, 3.05) is 6.54 Å². The van der Waals surface area contributed by atoms with E-state index in [1.165, 1.54) is 9.80 Å². The van der Waals surface area contributed by atoms with Crippen LogP contribution in [-0.2, 0) is 30.8 Å². The van der Waals surface area contributed by atoms with Gasteiger partial charge in [0.2, 0.25) is 21.8 Å². The molecular weight excluding hydrogens is 735 g/mol. The lowest BCUT2D eigenvalue weighted by Crippen LogP contribution is -2.63. The van der Waals surface area contributed by atoms with Crippen LogP contribution in [-0.4, -0.2) is 92.2 Å². The van der Waals surface area contributed by atoms with Gasteiger partial charge < -0.3 is 20.1 Å². The number of carbonyl (C=O) groups is 4. The van der Waals surface area contributed by atoms with Crippen LogP contribution >= 0.6 is 0 Å². The van der Waals surface area contributed by atoms with Gasteiger partial charge in [0.05, 0.1) is 22.5 Å². The number of rotatable bonds is 6. The van der Waals surface area contributed by atoms with Crippen LogP contribution in [0.4, 0.5) is 4.79 Å². The smallest absolute Gasteiger partial charge is 0.408 e. The van der Waals surface area contributed by atoms with Crippen molar-refractivity contribution in [1.29, 1.82) is 0 Å². The fourth-order valence-electron chi connectivity index (χ4n) is 9.90. The first kappa shape index (κ1) is 37.4. The Hall–Kier alpha value is -4.20. The molecule has 9 rings (SSSR count). The normalized spacial score (nSPS) is 32.6. The molecule has 5 fully saturated rings. The summed E-state index contributed by atoms with van der Waals surface area (Å²) < 4.78 is 34.9. The van der Waals surface area contributed by atoms with E-state index in [4.69, 9.17) is 9.72 Å². The molecule has 56 heavy (non-hydrogen) atoms. The Morgan fingerprint density at radius 2 is 1.77 bits per heavy atom. The third-order valence-corrected chi connectivity index (χ3v) is 16.4. The summed E-state index contributed by atoms with van der Waals surface area (Å²) in [5, 5.41) is 14.7. The molecular formula is C42H53N5O8S. The lowest BCUT2D eigenvalue weighted by molar-refractivity contribution is -0.146. The van der Waals surface area contributed by atoms with Crippen LogP contribution in [0.2, 0.25) is 0 Å². The van der Waals surface area contributed by atoms with E-state index in [2.05, 4.69) is 16.1 Å². The number of nitrogens with one attached hydrogen (secondary N) is 2. The Kier molecular flexibility index (Phi) is 8.79. The fraction of sp³-hybridized carbons (Fsp3) is 0.643. The number of carboxylic acid groups (broad SMARTS) is 1. The van der Waals surface area contributed by atoms with Gasteiger partial charge >= 0.3 is 6.09 Å². The van der Waals surface area contributed by atoms with Gasteiger partial charge in [-0.05, 0) is 103 Å². The number of allylic oxidation sites excluding steroid dienone is 1. The number of nitrogens with zero attached hydrogens (tertiary/aromatic N) is 3. The first-order valence-electron chi connectivity index (χ1n) is 20.7. The second-order valence-corrected chi connectivity index (χ2v) is 20.5. The molecule has 1 aromatic heterocycles. The highest BCUT2D eigenvalue weighted by atomic mass is 32.2. The molecule has 14 heteroatoms. The second kappa shape index (κ2) is 13.2. The first-order valence-corrected chi connectivity index (χ1v) is 22.2. The summed E-state index contributed by atoms with van der Waals surface area (Å²) in [5.74, 6) is -1.22. The van der Waals surface area contributed by atoms with E-state index in [0.717, 1.165) is 60.0 Å². The van der Waals surface area contributed by atoms with Gasteiger partial charge in [0.25, 0.3) is 5.91 Å². The number of para-hydroxylation sites is 1. The van der Waals surface area contributed by atoms with E-state index in [-0.39, 0.29) is 25.3 Å². The molecule has 1 saturated heterocycles. The third kappa shape index (κ3) is 6.25. The number of hydrogen-bond donors (Lipinski definition) is 3. The van der Waals surface area contributed by atoms with E-state index in [9.17, 15) is 27.9 Å². The number of aryl methyl sites for hydroxylation is 1. The molecule has 2 aromatic rings. The highest BCUT2D eigenvalue weighted by Gasteiger charge is 2.64. The van der Waals surface area contributed by atoms with Crippen LogP contribution in [0.3, 0.4) is 0 Å². The van der Waals surface area contributed by atoms with Crippen molar-refractivity contribution in [2.24, 2.45) is 5.92 Å². The molecule has 1 aromatic carbocycles. The predicted octanol–water partition coefficient (Wildman–Crippen LogP) is 5.46. The van der Waals surface area contributed by atoms with Gasteiger partial charge in [-0.15, -0.1) is 0 Å². The third-order valence-electron chi connectivity index (χ3n) is 14.2. The van der Waals surface area contributed by atoms with E-state index >= 15 is 4.79 Å². The largest absolute Gasteiger partial charge is 0.483 e. The van der Waals surface area contributed by atoms with Crippen LogP contribution in [0.5, 0.6) is 5.75 Å². The molecule has 1 spiro atoms. The maximum atomic E-state index is 15.2. The molecule has 4 heterocycles. The van der Waals surface area contributed by atoms with E-state index in [0.29, 0.717) is 57.8 Å². The van der Waals surface area contributed by atoms with Gasteiger partial charge in [-0.3, -0.25) is 24.0 Å². The summed E-state index contributed by atoms with van der Waals surface area (Å²) in [5.41, 5.74) is -0.289. The van der Waals surface area contributed by atoms with Gasteiger partial charge in [0.1, 0.15) is 29.0 Å². The highest BCUT2D eigenvalue weighted by Crippen LogP contribution is 2.52.